The summed E-state index contributed by atoms with van der Waals surface area (Å²) in [6, 6.07) is 0. The van der Waals surface area contributed by atoms with Crippen LogP contribution in [0.1, 0.15) is 44.4 Å². The van der Waals surface area contributed by atoms with Gasteiger partial charge in [0.1, 0.15) is 5.82 Å². The zero-order chi connectivity index (χ0) is 14.2. The van der Waals surface area contributed by atoms with E-state index in [1.165, 1.54) is 0 Å². The summed E-state index contributed by atoms with van der Waals surface area (Å²) in [5.74, 6) is 0.827. The van der Waals surface area contributed by atoms with E-state index in [0.29, 0.717) is 0 Å². The average Bonchev–Trinajstić information content (AvgIpc) is 2.94. The Bertz CT molecular complexity index is 577. The summed E-state index contributed by atoms with van der Waals surface area (Å²) >= 11 is 0. The highest BCUT2D eigenvalue weighted by atomic mass is 15.3. The number of aromatic nitrogens is 4. The van der Waals surface area contributed by atoms with Gasteiger partial charge in [-0.15, -0.1) is 0 Å². The minimum atomic E-state index is -0.416. The van der Waals surface area contributed by atoms with Gasteiger partial charge in [0.2, 0.25) is 0 Å². The van der Waals surface area contributed by atoms with Crippen molar-refractivity contribution in [1.29, 1.82) is 0 Å². The van der Waals surface area contributed by atoms with Gasteiger partial charge >= 0.3 is 0 Å². The van der Waals surface area contributed by atoms with Crippen molar-refractivity contribution < 1.29 is 0 Å². The molecule has 0 saturated carbocycles. The molecule has 0 bridgehead atoms. The van der Waals surface area contributed by atoms with Crippen LogP contribution < -0.4 is 5.73 Å². The summed E-state index contributed by atoms with van der Waals surface area (Å²) in [4.78, 5) is 7.79. The van der Waals surface area contributed by atoms with Gasteiger partial charge in [-0.25, -0.2) is 4.98 Å². The highest BCUT2D eigenvalue weighted by Gasteiger charge is 2.23. The van der Waals surface area contributed by atoms with Gasteiger partial charge in [0, 0.05) is 17.8 Å². The quantitative estimate of drug-likeness (QED) is 0.888. The predicted molar refractivity (Wildman–Crippen MR) is 76.8 cm³/mol. The van der Waals surface area contributed by atoms with Crippen molar-refractivity contribution in [2.75, 3.05) is 0 Å². The van der Waals surface area contributed by atoms with Crippen LogP contribution in [0.4, 0.5) is 0 Å². The Morgan fingerprint density at radius 3 is 2.58 bits per heavy atom. The van der Waals surface area contributed by atoms with Gasteiger partial charge < -0.3 is 10.7 Å². The van der Waals surface area contributed by atoms with Gasteiger partial charge in [0.25, 0.3) is 0 Å². The third kappa shape index (κ3) is 2.30. The molecule has 0 radical (unpaired) electrons. The van der Waals surface area contributed by atoms with Crippen LogP contribution in [0.25, 0.3) is 11.3 Å². The van der Waals surface area contributed by atoms with Crippen LogP contribution in [-0.2, 0) is 12.1 Å². The summed E-state index contributed by atoms with van der Waals surface area (Å²) in [6.07, 6.45) is 2.69. The molecule has 0 aliphatic carbocycles. The molecular formula is C14H23N5. The molecule has 1 unspecified atom stereocenters. The Hall–Kier alpha value is -1.62. The lowest BCUT2D eigenvalue weighted by atomic mass is 10.00. The SMILES string of the molecule is CCn1nc(C)c(-c2cnc(C(C)(N)CC)[nH]2)c1C. The number of hydrogen-bond donors (Lipinski definition) is 2. The number of nitrogens with two attached hydrogens (primary N) is 1. The Kier molecular flexibility index (Phi) is 3.49. The Labute approximate surface area is 114 Å². The van der Waals surface area contributed by atoms with E-state index in [1.54, 1.807) is 0 Å². The summed E-state index contributed by atoms with van der Waals surface area (Å²) in [5.41, 5.74) is 10.1. The van der Waals surface area contributed by atoms with Crippen molar-refractivity contribution in [1.82, 2.24) is 19.7 Å². The fraction of sp³-hybridized carbons (Fsp3) is 0.571. The Morgan fingerprint density at radius 2 is 2.05 bits per heavy atom. The number of H-pyrrole nitrogens is 1. The standard InChI is InChI=1S/C14H23N5/c1-6-14(5,15)13-16-8-11(17-13)12-9(3)18-19(7-2)10(12)4/h8H,6-7,15H2,1-5H3,(H,16,17). The topological polar surface area (TPSA) is 72.5 Å². The van der Waals surface area contributed by atoms with E-state index in [1.807, 2.05) is 24.7 Å². The van der Waals surface area contributed by atoms with Gasteiger partial charge in [0.15, 0.2) is 0 Å². The molecule has 19 heavy (non-hydrogen) atoms. The number of nitrogens with one attached hydrogen (secondary N) is 1. The van der Waals surface area contributed by atoms with Crippen molar-refractivity contribution in [2.24, 2.45) is 5.73 Å². The van der Waals surface area contributed by atoms with Crippen molar-refractivity contribution in [2.45, 2.75) is 53.1 Å². The summed E-state index contributed by atoms with van der Waals surface area (Å²) in [7, 11) is 0. The highest BCUT2D eigenvalue weighted by molar-refractivity contribution is 5.64. The molecule has 0 amide bonds. The first-order valence-electron chi connectivity index (χ1n) is 6.79. The minimum absolute atomic E-state index is 0.416. The molecule has 0 aliphatic heterocycles. The predicted octanol–water partition coefficient (Wildman–Crippen LogP) is 2.49. The molecule has 0 spiro atoms. The number of hydrogen-bond acceptors (Lipinski definition) is 3. The third-order valence-corrected chi connectivity index (χ3v) is 3.80. The minimum Gasteiger partial charge on any atom is -0.340 e. The molecule has 0 aliphatic rings. The molecule has 0 saturated heterocycles. The maximum atomic E-state index is 6.22. The van der Waals surface area contributed by atoms with E-state index in [2.05, 4.69) is 35.8 Å². The zero-order valence-electron chi connectivity index (χ0n) is 12.4. The van der Waals surface area contributed by atoms with Gasteiger partial charge in [-0.1, -0.05) is 6.92 Å². The van der Waals surface area contributed by atoms with Crippen molar-refractivity contribution in [3.63, 3.8) is 0 Å². The molecule has 2 rings (SSSR count). The van der Waals surface area contributed by atoms with Crippen LogP contribution in [0.3, 0.4) is 0 Å². The monoisotopic (exact) mass is 261 g/mol. The fourth-order valence-electron chi connectivity index (χ4n) is 2.30. The lowest BCUT2D eigenvalue weighted by Gasteiger charge is -2.19. The van der Waals surface area contributed by atoms with Crippen molar-refractivity contribution in [3.05, 3.63) is 23.4 Å². The number of aryl methyl sites for hydroxylation is 2. The maximum absolute atomic E-state index is 6.22. The number of rotatable bonds is 4. The molecular weight excluding hydrogens is 238 g/mol. The molecule has 2 aromatic rings. The summed E-state index contributed by atoms with van der Waals surface area (Å²) in [5, 5.41) is 4.53. The van der Waals surface area contributed by atoms with Crippen molar-refractivity contribution >= 4 is 0 Å². The summed E-state index contributed by atoms with van der Waals surface area (Å²) < 4.78 is 2.01. The molecule has 0 fully saturated rings. The summed E-state index contributed by atoms with van der Waals surface area (Å²) in [6.45, 7) is 11.1. The third-order valence-electron chi connectivity index (χ3n) is 3.80. The second-order valence-corrected chi connectivity index (χ2v) is 5.28. The lowest BCUT2D eigenvalue weighted by molar-refractivity contribution is 0.450. The van der Waals surface area contributed by atoms with E-state index in [9.17, 15) is 0 Å². The lowest BCUT2D eigenvalue weighted by Crippen LogP contribution is -2.33. The van der Waals surface area contributed by atoms with Crippen LogP contribution in [0.15, 0.2) is 6.20 Å². The average molecular weight is 261 g/mol. The molecule has 2 aromatic heterocycles. The molecule has 1 atom stereocenters. The van der Waals surface area contributed by atoms with E-state index < -0.39 is 5.54 Å². The second-order valence-electron chi connectivity index (χ2n) is 5.28. The number of imidazole rings is 1. The Morgan fingerprint density at radius 1 is 1.37 bits per heavy atom. The van der Waals surface area contributed by atoms with Crippen LogP contribution in [0, 0.1) is 13.8 Å². The smallest absolute Gasteiger partial charge is 0.126 e. The largest absolute Gasteiger partial charge is 0.340 e. The normalized spacial score (nSPS) is 14.6. The van der Waals surface area contributed by atoms with Crippen LogP contribution in [0.2, 0.25) is 0 Å². The van der Waals surface area contributed by atoms with E-state index in [-0.39, 0.29) is 0 Å². The zero-order valence-corrected chi connectivity index (χ0v) is 12.4. The van der Waals surface area contributed by atoms with Gasteiger partial charge in [0.05, 0.1) is 23.1 Å². The van der Waals surface area contributed by atoms with E-state index in [4.69, 9.17) is 5.73 Å². The Balaban J connectivity index is 2.47. The van der Waals surface area contributed by atoms with E-state index in [0.717, 1.165) is 41.4 Å². The maximum Gasteiger partial charge on any atom is 0.126 e. The van der Waals surface area contributed by atoms with Gasteiger partial charge in [-0.3, -0.25) is 4.68 Å². The van der Waals surface area contributed by atoms with Crippen molar-refractivity contribution in [3.8, 4) is 11.3 Å². The van der Waals surface area contributed by atoms with Crippen LogP contribution >= 0.6 is 0 Å². The fourth-order valence-corrected chi connectivity index (χ4v) is 2.30. The highest BCUT2D eigenvalue weighted by Crippen LogP contribution is 2.27. The first kappa shape index (κ1) is 13.8. The molecule has 104 valence electrons. The van der Waals surface area contributed by atoms with E-state index >= 15 is 0 Å². The molecule has 0 aromatic carbocycles. The van der Waals surface area contributed by atoms with Gasteiger partial charge in [-0.05, 0) is 34.1 Å². The molecule has 5 nitrogen and oxygen atoms in total. The van der Waals surface area contributed by atoms with Gasteiger partial charge in [-0.2, -0.15) is 5.10 Å². The molecule has 5 heteroatoms. The number of aromatic amines is 1. The first-order chi connectivity index (χ1) is 8.90. The second kappa shape index (κ2) is 4.81. The van der Waals surface area contributed by atoms with Crippen LogP contribution in [0.5, 0.6) is 0 Å². The number of nitrogens with zero attached hydrogens (tertiary/aromatic N) is 3. The van der Waals surface area contributed by atoms with Crippen LogP contribution in [-0.4, -0.2) is 19.7 Å². The molecule has 3 N–H and O–H groups in total. The molecule has 2 heterocycles. The first-order valence-corrected chi connectivity index (χ1v) is 6.79.